The molecular formula is C8H24CuO4Zn. The van der Waals surface area contributed by atoms with E-state index >= 15 is 0 Å². The van der Waals surface area contributed by atoms with Gasteiger partial charge < -0.3 is 20.4 Å². The standard InChI is InChI=1S/4C2H6O.Cu.Zn/c4*1-2-3;;/h4*3H,2H2,1H3;;. The van der Waals surface area contributed by atoms with Crippen molar-refractivity contribution in [2.75, 3.05) is 26.4 Å². The van der Waals surface area contributed by atoms with Gasteiger partial charge in [0.15, 0.2) is 0 Å². The average Bonchev–Trinajstić information content (AvgIpc) is 1.92. The molecule has 0 aromatic heterocycles. The van der Waals surface area contributed by atoms with Crippen LogP contribution in [-0.4, -0.2) is 46.9 Å². The molecule has 0 saturated carbocycles. The summed E-state index contributed by atoms with van der Waals surface area (Å²) >= 11 is 0. The van der Waals surface area contributed by atoms with E-state index in [2.05, 4.69) is 0 Å². The molecule has 0 aliphatic carbocycles. The zero-order valence-corrected chi connectivity index (χ0v) is 13.5. The first-order valence-corrected chi connectivity index (χ1v) is 4.09. The molecule has 4 N–H and O–H groups in total. The maximum atomic E-state index is 7.57. The number of aliphatic hydroxyl groups excluding tert-OH is 4. The van der Waals surface area contributed by atoms with Crippen molar-refractivity contribution < 1.29 is 57.0 Å². The minimum absolute atomic E-state index is 0. The third-order valence-electron chi connectivity index (χ3n) is 0. The molecule has 0 saturated heterocycles. The molecule has 0 aliphatic heterocycles. The minimum atomic E-state index is 0. The van der Waals surface area contributed by atoms with Gasteiger partial charge in [-0.05, 0) is 27.7 Å². The van der Waals surface area contributed by atoms with Crippen LogP contribution in [0.3, 0.4) is 0 Å². The third kappa shape index (κ3) is 1930. The summed E-state index contributed by atoms with van der Waals surface area (Å²) in [5.41, 5.74) is 0. The van der Waals surface area contributed by atoms with Gasteiger partial charge in [-0.1, -0.05) is 0 Å². The van der Waals surface area contributed by atoms with Gasteiger partial charge in [-0.2, -0.15) is 0 Å². The van der Waals surface area contributed by atoms with E-state index in [1.54, 1.807) is 27.7 Å². The molecule has 0 spiro atoms. The Morgan fingerprint density at radius 3 is 0.571 bits per heavy atom. The summed E-state index contributed by atoms with van der Waals surface area (Å²) in [7, 11) is 0. The van der Waals surface area contributed by atoms with Crippen molar-refractivity contribution in [3.63, 3.8) is 0 Å². The Labute approximate surface area is 111 Å². The Kier molecular flexibility index (Phi) is 246. The van der Waals surface area contributed by atoms with Gasteiger partial charge in [0.2, 0.25) is 0 Å². The van der Waals surface area contributed by atoms with E-state index in [0.717, 1.165) is 0 Å². The first-order valence-electron chi connectivity index (χ1n) is 4.09. The van der Waals surface area contributed by atoms with Crippen LogP contribution in [0.1, 0.15) is 27.7 Å². The van der Waals surface area contributed by atoms with Gasteiger partial charge in [0.25, 0.3) is 0 Å². The maximum absolute atomic E-state index is 7.57. The van der Waals surface area contributed by atoms with Gasteiger partial charge in [-0.3, -0.25) is 0 Å². The molecule has 93 valence electrons. The van der Waals surface area contributed by atoms with Crippen molar-refractivity contribution in [1.29, 1.82) is 0 Å². The van der Waals surface area contributed by atoms with Crippen LogP contribution in [0.2, 0.25) is 0 Å². The Morgan fingerprint density at radius 2 is 0.571 bits per heavy atom. The SMILES string of the molecule is CCO.CCO.CCO.CCO.[Cu].[Zn]. The average molecular weight is 313 g/mol. The summed E-state index contributed by atoms with van der Waals surface area (Å²) in [6.07, 6.45) is 0. The molecule has 0 aliphatic rings. The molecule has 0 aromatic carbocycles. The minimum Gasteiger partial charge on any atom is -0.397 e. The van der Waals surface area contributed by atoms with Crippen molar-refractivity contribution in [3.8, 4) is 0 Å². The van der Waals surface area contributed by atoms with Crippen LogP contribution in [0.25, 0.3) is 0 Å². The Bertz CT molecular complexity index is 29.3. The van der Waals surface area contributed by atoms with Crippen molar-refractivity contribution in [2.45, 2.75) is 27.7 Å². The molecular weight excluding hydrogens is 289 g/mol. The van der Waals surface area contributed by atoms with Crippen molar-refractivity contribution in [1.82, 2.24) is 0 Å². The molecule has 4 nitrogen and oxygen atoms in total. The van der Waals surface area contributed by atoms with E-state index in [1.807, 2.05) is 0 Å². The fourth-order valence-electron chi connectivity index (χ4n) is 0. The van der Waals surface area contributed by atoms with Crippen molar-refractivity contribution >= 4 is 0 Å². The van der Waals surface area contributed by atoms with Crippen LogP contribution in [0.5, 0.6) is 0 Å². The quantitative estimate of drug-likeness (QED) is 0.474. The topological polar surface area (TPSA) is 80.9 Å². The molecule has 0 rings (SSSR count). The van der Waals surface area contributed by atoms with E-state index in [9.17, 15) is 0 Å². The molecule has 0 fully saturated rings. The number of hydrogen-bond acceptors (Lipinski definition) is 4. The van der Waals surface area contributed by atoms with Crippen LogP contribution in [0.4, 0.5) is 0 Å². The summed E-state index contributed by atoms with van der Waals surface area (Å²) in [5.74, 6) is 0. The van der Waals surface area contributed by atoms with Crippen LogP contribution in [0, 0.1) is 0 Å². The first-order chi connectivity index (χ1) is 5.66. The van der Waals surface area contributed by atoms with E-state index in [1.165, 1.54) is 0 Å². The molecule has 0 bridgehead atoms. The van der Waals surface area contributed by atoms with E-state index in [4.69, 9.17) is 20.4 Å². The molecule has 0 atom stereocenters. The van der Waals surface area contributed by atoms with Crippen molar-refractivity contribution in [2.24, 2.45) is 0 Å². The van der Waals surface area contributed by atoms with Gasteiger partial charge >= 0.3 is 0 Å². The molecule has 14 heavy (non-hydrogen) atoms. The molecule has 0 amide bonds. The smallest absolute Gasteiger partial charge is 0.0402 e. The summed E-state index contributed by atoms with van der Waals surface area (Å²) in [5, 5.41) is 30.3. The molecule has 6 heteroatoms. The monoisotopic (exact) mass is 311 g/mol. The normalized spacial score (nSPS) is 5.14. The Morgan fingerprint density at radius 1 is 0.571 bits per heavy atom. The first kappa shape index (κ1) is 36.3. The van der Waals surface area contributed by atoms with Crippen LogP contribution < -0.4 is 0 Å². The van der Waals surface area contributed by atoms with Gasteiger partial charge in [0.1, 0.15) is 0 Å². The third-order valence-corrected chi connectivity index (χ3v) is 0. The van der Waals surface area contributed by atoms with Gasteiger partial charge in [-0.25, -0.2) is 0 Å². The van der Waals surface area contributed by atoms with Gasteiger partial charge in [-0.15, -0.1) is 0 Å². The number of aliphatic hydroxyl groups is 4. The maximum Gasteiger partial charge on any atom is 0.0402 e. The summed E-state index contributed by atoms with van der Waals surface area (Å²) in [6.45, 7) is 7.72. The second-order valence-corrected chi connectivity index (χ2v) is 1.26. The second-order valence-electron chi connectivity index (χ2n) is 1.26. The van der Waals surface area contributed by atoms with Gasteiger partial charge in [0.05, 0.1) is 0 Å². The molecule has 0 unspecified atom stereocenters. The summed E-state index contributed by atoms with van der Waals surface area (Å²) < 4.78 is 0. The Balaban J connectivity index is -0.0000000145. The predicted octanol–water partition coefficient (Wildman–Crippen LogP) is -0.0106. The number of rotatable bonds is 0. The van der Waals surface area contributed by atoms with E-state index in [0.29, 0.717) is 0 Å². The Hall–Kier alpha value is 0.983. The summed E-state index contributed by atoms with van der Waals surface area (Å²) in [4.78, 5) is 0. The largest absolute Gasteiger partial charge is 0.397 e. The summed E-state index contributed by atoms with van der Waals surface area (Å²) in [6, 6.07) is 0. The predicted molar refractivity (Wildman–Crippen MR) is 51.0 cm³/mol. The fourth-order valence-corrected chi connectivity index (χ4v) is 0. The van der Waals surface area contributed by atoms with Crippen LogP contribution in [0.15, 0.2) is 0 Å². The van der Waals surface area contributed by atoms with Gasteiger partial charge in [0, 0.05) is 63.0 Å². The van der Waals surface area contributed by atoms with Crippen molar-refractivity contribution in [3.05, 3.63) is 0 Å². The van der Waals surface area contributed by atoms with E-state index in [-0.39, 0.29) is 63.0 Å². The van der Waals surface area contributed by atoms with Crippen LogP contribution >= 0.6 is 0 Å². The second kappa shape index (κ2) is 94.9. The van der Waals surface area contributed by atoms with E-state index < -0.39 is 0 Å². The van der Waals surface area contributed by atoms with Crippen LogP contribution in [-0.2, 0) is 36.5 Å². The molecule has 0 heterocycles. The molecule has 0 aromatic rings. The fraction of sp³-hybridized carbons (Fsp3) is 1.00. The molecule has 1 radical (unpaired) electrons. The number of hydrogen-bond donors (Lipinski definition) is 4. The zero-order chi connectivity index (χ0) is 10.8. The zero-order valence-electron chi connectivity index (χ0n) is 9.63.